The number of carbonyl (C=O) groups excluding carboxylic acids is 2. The Morgan fingerprint density at radius 3 is 2.54 bits per heavy atom. The van der Waals surface area contributed by atoms with Crippen molar-refractivity contribution in [3.05, 3.63) is 93.7 Å². The van der Waals surface area contributed by atoms with Crippen LogP contribution in [-0.2, 0) is 11.3 Å². The van der Waals surface area contributed by atoms with Gasteiger partial charge in [-0.3, -0.25) is 14.5 Å². The molecule has 6 heteroatoms. The zero-order chi connectivity index (χ0) is 19.7. The van der Waals surface area contributed by atoms with Gasteiger partial charge in [0.1, 0.15) is 6.54 Å². The van der Waals surface area contributed by atoms with Crippen LogP contribution in [0.15, 0.2) is 71.7 Å². The number of nitrogens with zero attached hydrogens (tertiary/aromatic N) is 3. The normalized spacial score (nSPS) is 13.9. The first kappa shape index (κ1) is 18.1. The largest absolute Gasteiger partial charge is 0.319 e. The van der Waals surface area contributed by atoms with Gasteiger partial charge in [-0.25, -0.2) is 0 Å². The molecule has 0 unspecified atom stereocenters. The first-order chi connectivity index (χ1) is 13.5. The second-order valence-electron chi connectivity index (χ2n) is 6.69. The molecule has 0 bridgehead atoms. The van der Waals surface area contributed by atoms with Crippen molar-refractivity contribution in [2.24, 2.45) is 4.99 Å². The van der Waals surface area contributed by atoms with Crippen LogP contribution in [0, 0.1) is 6.92 Å². The van der Waals surface area contributed by atoms with Gasteiger partial charge in [0, 0.05) is 34.9 Å². The summed E-state index contributed by atoms with van der Waals surface area (Å²) in [5.74, 6) is -0.578. The van der Waals surface area contributed by atoms with Gasteiger partial charge in [0.05, 0.1) is 0 Å². The van der Waals surface area contributed by atoms with Crippen molar-refractivity contribution in [3.63, 3.8) is 0 Å². The van der Waals surface area contributed by atoms with E-state index in [1.54, 1.807) is 12.1 Å². The molecule has 2 heterocycles. The highest BCUT2D eigenvalue weighted by molar-refractivity contribution is 7.07. The number of carbonyl (C=O) groups is 2. The quantitative estimate of drug-likeness (QED) is 0.686. The number of rotatable bonds is 4. The van der Waals surface area contributed by atoms with Crippen molar-refractivity contribution in [3.8, 4) is 0 Å². The fraction of sp³-hybridized carbons (Fsp3) is 0.136. The summed E-state index contributed by atoms with van der Waals surface area (Å²) in [6, 6.07) is 15.5. The average molecular weight is 389 g/mol. The minimum Gasteiger partial charge on any atom is -0.319 e. The molecule has 3 aromatic rings. The summed E-state index contributed by atoms with van der Waals surface area (Å²) in [7, 11) is 0. The summed E-state index contributed by atoms with van der Waals surface area (Å²) in [4.78, 5) is 31.3. The van der Waals surface area contributed by atoms with E-state index in [1.807, 2.05) is 35.2 Å². The van der Waals surface area contributed by atoms with Gasteiger partial charge in [-0.2, -0.15) is 4.99 Å². The molecular formula is C22H19N3O2S. The topological polar surface area (TPSA) is 54.7 Å². The molecule has 1 aromatic heterocycles. The van der Waals surface area contributed by atoms with Gasteiger partial charge in [0.25, 0.3) is 11.8 Å². The van der Waals surface area contributed by atoms with Crippen LogP contribution in [0.2, 0.25) is 0 Å². The number of aromatic nitrogens is 1. The van der Waals surface area contributed by atoms with E-state index >= 15 is 0 Å². The van der Waals surface area contributed by atoms with Crippen molar-refractivity contribution >= 4 is 28.8 Å². The third-order valence-corrected chi connectivity index (χ3v) is 5.48. The number of amides is 2. The summed E-state index contributed by atoms with van der Waals surface area (Å²) in [5.41, 5.74) is 4.23. The van der Waals surface area contributed by atoms with Crippen LogP contribution in [-0.4, -0.2) is 27.8 Å². The lowest BCUT2D eigenvalue weighted by Crippen LogP contribution is -2.30. The van der Waals surface area contributed by atoms with Gasteiger partial charge in [-0.1, -0.05) is 54.6 Å². The van der Waals surface area contributed by atoms with Crippen LogP contribution in [0.3, 0.4) is 0 Å². The van der Waals surface area contributed by atoms with Crippen LogP contribution in [0.1, 0.15) is 27.0 Å². The van der Waals surface area contributed by atoms with Crippen LogP contribution >= 0.6 is 11.3 Å². The number of benzene rings is 2. The van der Waals surface area contributed by atoms with Crippen LogP contribution in [0.5, 0.6) is 0 Å². The molecule has 1 aliphatic heterocycles. The maximum atomic E-state index is 12.5. The molecular weight excluding hydrogens is 370 g/mol. The molecule has 0 radical (unpaired) electrons. The maximum Gasteiger partial charge on any atom is 0.268 e. The lowest BCUT2D eigenvalue weighted by atomic mass is 10.1. The van der Waals surface area contributed by atoms with Crippen molar-refractivity contribution in [2.45, 2.75) is 13.5 Å². The summed E-state index contributed by atoms with van der Waals surface area (Å²) in [5, 5.41) is 1.90. The molecule has 5 nitrogen and oxygen atoms in total. The molecule has 0 spiro atoms. The Morgan fingerprint density at radius 1 is 1.11 bits per heavy atom. The Bertz CT molecular complexity index is 1100. The third kappa shape index (κ3) is 3.46. The highest BCUT2D eigenvalue weighted by Crippen LogP contribution is 2.30. The fourth-order valence-electron chi connectivity index (χ4n) is 3.18. The van der Waals surface area contributed by atoms with Crippen molar-refractivity contribution < 1.29 is 9.59 Å². The van der Waals surface area contributed by atoms with Gasteiger partial charge in [-0.05, 0) is 18.6 Å². The lowest BCUT2D eigenvalue weighted by Gasteiger charge is -2.14. The summed E-state index contributed by atoms with van der Waals surface area (Å²) >= 11 is 1.40. The maximum absolute atomic E-state index is 12.5. The zero-order valence-electron chi connectivity index (χ0n) is 15.5. The van der Waals surface area contributed by atoms with E-state index in [4.69, 9.17) is 0 Å². The van der Waals surface area contributed by atoms with Crippen molar-refractivity contribution in [1.82, 2.24) is 9.47 Å². The number of thiazole rings is 1. The van der Waals surface area contributed by atoms with Gasteiger partial charge in [0.15, 0.2) is 4.80 Å². The van der Waals surface area contributed by atoms with E-state index in [2.05, 4.69) is 35.8 Å². The van der Waals surface area contributed by atoms with Gasteiger partial charge in [0.2, 0.25) is 0 Å². The Morgan fingerprint density at radius 2 is 1.82 bits per heavy atom. The number of aryl methyl sites for hydroxylation is 1. The van der Waals surface area contributed by atoms with Gasteiger partial charge >= 0.3 is 0 Å². The van der Waals surface area contributed by atoms with E-state index in [0.717, 1.165) is 11.1 Å². The second-order valence-corrected chi connectivity index (χ2v) is 7.56. The Kier molecular flexibility index (Phi) is 4.79. The fourth-order valence-corrected chi connectivity index (χ4v) is 3.92. The summed E-state index contributed by atoms with van der Waals surface area (Å²) in [6.45, 7) is 6.53. The number of hydrogen-bond donors (Lipinski definition) is 0. The van der Waals surface area contributed by atoms with E-state index < -0.39 is 0 Å². The monoisotopic (exact) mass is 389 g/mol. The van der Waals surface area contributed by atoms with E-state index in [0.29, 0.717) is 22.6 Å². The van der Waals surface area contributed by atoms with Crippen molar-refractivity contribution in [2.75, 3.05) is 6.54 Å². The van der Waals surface area contributed by atoms with Gasteiger partial charge < -0.3 is 4.57 Å². The molecule has 4 rings (SSSR count). The number of fused-ring (bicyclic) bond motifs is 1. The minimum atomic E-state index is -0.373. The predicted octanol–water partition coefficient (Wildman–Crippen LogP) is 3.46. The molecule has 140 valence electrons. The first-order valence-corrected chi connectivity index (χ1v) is 9.78. The van der Waals surface area contributed by atoms with E-state index in [1.165, 1.54) is 21.8 Å². The smallest absolute Gasteiger partial charge is 0.268 e. The Hall–Kier alpha value is -3.25. The molecule has 0 saturated heterocycles. The predicted molar refractivity (Wildman–Crippen MR) is 110 cm³/mol. The standard InChI is InChI=1S/C22H19N3O2S/c1-15-7-9-17(10-8-15)13-24-11-12-28-22(24)23-20(26)14-25-16(2)18-5-3-4-6-19(18)21(25)27/h3-12H,2,13-14H2,1H3. The summed E-state index contributed by atoms with van der Waals surface area (Å²) < 4.78 is 1.93. The van der Waals surface area contributed by atoms with Crippen LogP contribution in [0.25, 0.3) is 5.70 Å². The molecule has 0 fully saturated rings. The molecule has 2 amide bonds. The first-order valence-electron chi connectivity index (χ1n) is 8.90. The molecule has 1 aliphatic rings. The average Bonchev–Trinajstić information content (AvgIpc) is 3.22. The zero-order valence-corrected chi connectivity index (χ0v) is 16.3. The number of hydrogen-bond acceptors (Lipinski definition) is 3. The summed E-state index contributed by atoms with van der Waals surface area (Å²) in [6.07, 6.45) is 1.91. The minimum absolute atomic E-state index is 0.116. The highest BCUT2D eigenvalue weighted by Gasteiger charge is 2.31. The molecule has 2 aromatic carbocycles. The van der Waals surface area contributed by atoms with Crippen LogP contribution in [0.4, 0.5) is 0 Å². The highest BCUT2D eigenvalue weighted by atomic mass is 32.1. The SMILES string of the molecule is C=C1c2ccccc2C(=O)N1CC(=O)N=c1sccn1Cc1ccc(C)cc1. The van der Waals surface area contributed by atoms with E-state index in [9.17, 15) is 9.59 Å². The Balaban J connectivity index is 1.52. The molecule has 0 aliphatic carbocycles. The molecule has 0 N–H and O–H groups in total. The van der Waals surface area contributed by atoms with Gasteiger partial charge in [-0.15, -0.1) is 11.3 Å². The molecule has 0 saturated carbocycles. The molecule has 0 atom stereocenters. The van der Waals surface area contributed by atoms with Crippen molar-refractivity contribution in [1.29, 1.82) is 0 Å². The lowest BCUT2D eigenvalue weighted by molar-refractivity contribution is -0.118. The molecule has 28 heavy (non-hydrogen) atoms. The second kappa shape index (κ2) is 7.40. The van der Waals surface area contributed by atoms with E-state index in [-0.39, 0.29) is 18.4 Å². The third-order valence-electron chi connectivity index (χ3n) is 4.69. The van der Waals surface area contributed by atoms with Crippen LogP contribution < -0.4 is 4.80 Å². The Labute approximate surface area is 166 Å².